The Kier molecular flexibility index (Phi) is 6.70. The number of aromatic nitrogens is 2. The van der Waals surface area contributed by atoms with Crippen LogP contribution in [0.4, 0.5) is 4.39 Å². The number of carboxylic acids is 1. The van der Waals surface area contributed by atoms with Crippen molar-refractivity contribution in [2.45, 2.75) is 32.7 Å². The summed E-state index contributed by atoms with van der Waals surface area (Å²) in [6.45, 7) is 3.53. The highest BCUT2D eigenvalue weighted by molar-refractivity contribution is 5.92. The molecule has 3 rings (SSSR count). The molecule has 1 atom stereocenters. The molecule has 1 aromatic carbocycles. The van der Waals surface area contributed by atoms with Gasteiger partial charge < -0.3 is 19.5 Å². The van der Waals surface area contributed by atoms with Gasteiger partial charge in [-0.1, -0.05) is 26.0 Å². The maximum Gasteiger partial charge on any atom is 0.341 e. The van der Waals surface area contributed by atoms with Crippen LogP contribution in [0.15, 0.2) is 41.3 Å². The fourth-order valence-corrected chi connectivity index (χ4v) is 3.61. The van der Waals surface area contributed by atoms with Crippen molar-refractivity contribution in [3.63, 3.8) is 0 Å². The predicted octanol–water partition coefficient (Wildman–Crippen LogP) is 3.22. The summed E-state index contributed by atoms with van der Waals surface area (Å²) in [6.07, 6.45) is 2.25. The second kappa shape index (κ2) is 9.26. The van der Waals surface area contributed by atoms with Crippen molar-refractivity contribution in [2.24, 2.45) is 5.92 Å². The smallest absolute Gasteiger partial charge is 0.341 e. The Morgan fingerprint density at radius 3 is 2.45 bits per heavy atom. The number of aliphatic hydroxyl groups excluding tert-OH is 1. The minimum Gasteiger partial charge on any atom is -0.481 e. The van der Waals surface area contributed by atoms with Gasteiger partial charge in [0, 0.05) is 11.8 Å². The zero-order valence-electron chi connectivity index (χ0n) is 17.6. The average molecular weight is 428 g/mol. The van der Waals surface area contributed by atoms with Gasteiger partial charge in [-0.25, -0.2) is 9.18 Å². The summed E-state index contributed by atoms with van der Waals surface area (Å²) in [7, 11) is 1.47. The van der Waals surface area contributed by atoms with Crippen molar-refractivity contribution >= 4 is 17.0 Å². The minimum absolute atomic E-state index is 0.0386. The third-order valence-electron chi connectivity index (χ3n) is 5.38. The highest BCUT2D eigenvalue weighted by atomic mass is 19.1. The lowest BCUT2D eigenvalue weighted by atomic mass is 10.0. The van der Waals surface area contributed by atoms with E-state index in [1.54, 1.807) is 18.2 Å². The molecule has 2 N–H and O–H groups in total. The van der Waals surface area contributed by atoms with Crippen LogP contribution in [0.3, 0.4) is 0 Å². The van der Waals surface area contributed by atoms with E-state index in [0.717, 1.165) is 5.56 Å². The first kappa shape index (κ1) is 22.4. The average Bonchev–Trinajstić information content (AvgIpc) is 2.74. The van der Waals surface area contributed by atoms with Crippen LogP contribution in [0.2, 0.25) is 0 Å². The number of pyridine rings is 2. The highest BCUT2D eigenvalue weighted by Gasteiger charge is 2.23. The molecule has 164 valence electrons. The van der Waals surface area contributed by atoms with Gasteiger partial charge in [-0.05, 0) is 42.5 Å². The van der Waals surface area contributed by atoms with Crippen LogP contribution in [0.1, 0.15) is 41.4 Å². The zero-order valence-corrected chi connectivity index (χ0v) is 17.6. The van der Waals surface area contributed by atoms with Gasteiger partial charge in [0.1, 0.15) is 17.0 Å². The predicted molar refractivity (Wildman–Crippen MR) is 114 cm³/mol. The summed E-state index contributed by atoms with van der Waals surface area (Å²) in [4.78, 5) is 29.1. The van der Waals surface area contributed by atoms with Crippen LogP contribution in [0.5, 0.6) is 5.88 Å². The number of aliphatic hydroxyl groups is 1. The molecule has 2 heterocycles. The fourth-order valence-electron chi connectivity index (χ4n) is 3.61. The Morgan fingerprint density at radius 2 is 1.90 bits per heavy atom. The van der Waals surface area contributed by atoms with Crippen LogP contribution >= 0.6 is 0 Å². The number of rotatable bonds is 8. The summed E-state index contributed by atoms with van der Waals surface area (Å²) in [5, 5.41) is 19.6. The van der Waals surface area contributed by atoms with Gasteiger partial charge in [0.2, 0.25) is 11.3 Å². The number of hydrogen-bond donors (Lipinski definition) is 2. The van der Waals surface area contributed by atoms with Crippen molar-refractivity contribution < 1.29 is 24.1 Å². The summed E-state index contributed by atoms with van der Waals surface area (Å²) < 4.78 is 20.1. The Labute approximate surface area is 178 Å². The Bertz CT molecular complexity index is 1160. The molecule has 0 saturated heterocycles. The third-order valence-corrected chi connectivity index (χ3v) is 5.38. The van der Waals surface area contributed by atoms with E-state index >= 15 is 0 Å². The topological polar surface area (TPSA) is 102 Å². The number of halogens is 1. The maximum atomic E-state index is 13.1. The lowest BCUT2D eigenvalue weighted by Crippen LogP contribution is -2.26. The molecule has 2 aromatic heterocycles. The van der Waals surface area contributed by atoms with E-state index in [1.807, 2.05) is 13.8 Å². The molecule has 0 radical (unpaired) electrons. The number of nitrogens with zero attached hydrogens (tertiary/aromatic N) is 2. The van der Waals surface area contributed by atoms with Gasteiger partial charge in [-0.3, -0.25) is 4.79 Å². The summed E-state index contributed by atoms with van der Waals surface area (Å²) in [5.41, 5.74) is 0.765. The molecule has 0 aliphatic heterocycles. The lowest BCUT2D eigenvalue weighted by molar-refractivity contribution is 0.0694. The van der Waals surface area contributed by atoms with E-state index in [-0.39, 0.29) is 34.9 Å². The number of carboxylic acid groups (broad SMARTS) is 1. The molecule has 0 amide bonds. The summed E-state index contributed by atoms with van der Waals surface area (Å²) in [5.74, 6) is -1.39. The van der Waals surface area contributed by atoms with Crippen LogP contribution in [-0.4, -0.2) is 39.5 Å². The molecule has 0 bridgehead atoms. The molecule has 0 aliphatic carbocycles. The van der Waals surface area contributed by atoms with Crippen LogP contribution in [0.25, 0.3) is 11.0 Å². The van der Waals surface area contributed by atoms with Gasteiger partial charge in [0.15, 0.2) is 0 Å². The SMILES string of the molecule is COc1nc2c(cc1CCc1ccc(F)cc1)c(=O)c(C(=O)O)cn2[C@H](CO)C(C)C. The van der Waals surface area contributed by atoms with E-state index in [0.29, 0.717) is 24.3 Å². The monoisotopic (exact) mass is 428 g/mol. The Hall–Kier alpha value is -3.26. The first-order valence-electron chi connectivity index (χ1n) is 9.98. The van der Waals surface area contributed by atoms with Crippen LogP contribution in [-0.2, 0) is 12.8 Å². The quantitative estimate of drug-likeness (QED) is 0.571. The summed E-state index contributed by atoms with van der Waals surface area (Å²) in [6, 6.07) is 7.25. The summed E-state index contributed by atoms with van der Waals surface area (Å²) >= 11 is 0. The minimum atomic E-state index is -1.34. The maximum absolute atomic E-state index is 13.1. The molecule has 0 unspecified atom stereocenters. The zero-order chi connectivity index (χ0) is 22.7. The molecule has 0 fully saturated rings. The van der Waals surface area contributed by atoms with Gasteiger partial charge in [0.05, 0.1) is 25.1 Å². The number of aromatic carboxylic acids is 1. The van der Waals surface area contributed by atoms with Gasteiger partial charge in [-0.2, -0.15) is 4.98 Å². The number of carbonyl (C=O) groups is 1. The molecule has 7 nitrogen and oxygen atoms in total. The third kappa shape index (κ3) is 4.59. The van der Waals surface area contributed by atoms with Gasteiger partial charge >= 0.3 is 5.97 Å². The van der Waals surface area contributed by atoms with Crippen molar-refractivity contribution in [3.8, 4) is 5.88 Å². The van der Waals surface area contributed by atoms with Crippen molar-refractivity contribution in [1.82, 2.24) is 9.55 Å². The number of benzene rings is 1. The number of aryl methyl sites for hydroxylation is 2. The van der Waals surface area contributed by atoms with Crippen molar-refractivity contribution in [2.75, 3.05) is 13.7 Å². The second-order valence-electron chi connectivity index (χ2n) is 7.73. The lowest BCUT2D eigenvalue weighted by Gasteiger charge is -2.24. The number of methoxy groups -OCH3 is 1. The first-order valence-corrected chi connectivity index (χ1v) is 9.98. The molecule has 0 spiro atoms. The van der Waals surface area contributed by atoms with E-state index in [4.69, 9.17) is 4.74 Å². The van der Waals surface area contributed by atoms with Crippen molar-refractivity contribution in [3.05, 3.63) is 69.3 Å². The number of hydrogen-bond acceptors (Lipinski definition) is 5. The molecule has 0 aliphatic rings. The van der Waals surface area contributed by atoms with E-state index in [2.05, 4.69) is 4.98 Å². The van der Waals surface area contributed by atoms with Crippen LogP contribution < -0.4 is 10.2 Å². The largest absolute Gasteiger partial charge is 0.481 e. The highest BCUT2D eigenvalue weighted by Crippen LogP contribution is 2.27. The standard InChI is InChI=1S/C23H25FN2O5/c1-13(2)19(12-27)26-11-18(23(29)30)20(28)17-10-15(22(31-3)25-21(17)26)7-4-14-5-8-16(24)9-6-14/h5-6,8-11,13,19,27H,4,7,12H2,1-3H3,(H,29,30)/t19-/m1/s1. The molecular formula is C23H25FN2O5. The molecular weight excluding hydrogens is 403 g/mol. The van der Waals surface area contributed by atoms with E-state index in [9.17, 15) is 24.2 Å². The van der Waals surface area contributed by atoms with Gasteiger partial charge in [-0.15, -0.1) is 0 Å². The molecule has 8 heteroatoms. The van der Waals surface area contributed by atoms with E-state index < -0.39 is 17.4 Å². The fraction of sp³-hybridized carbons (Fsp3) is 0.348. The normalized spacial score (nSPS) is 12.3. The van der Waals surface area contributed by atoms with Crippen LogP contribution in [0, 0.1) is 11.7 Å². The van der Waals surface area contributed by atoms with E-state index in [1.165, 1.54) is 30.0 Å². The first-order chi connectivity index (χ1) is 14.8. The second-order valence-corrected chi connectivity index (χ2v) is 7.73. The van der Waals surface area contributed by atoms with Gasteiger partial charge in [0.25, 0.3) is 0 Å². The Balaban J connectivity index is 2.17. The molecule has 31 heavy (non-hydrogen) atoms. The Morgan fingerprint density at radius 1 is 1.23 bits per heavy atom. The van der Waals surface area contributed by atoms with Crippen molar-refractivity contribution in [1.29, 1.82) is 0 Å². The number of ether oxygens (including phenoxy) is 1. The molecule has 0 saturated carbocycles. The number of fused-ring (bicyclic) bond motifs is 1. The molecule has 3 aromatic rings.